The van der Waals surface area contributed by atoms with Crippen LogP contribution in [0.15, 0.2) is 12.3 Å². The lowest BCUT2D eigenvalue weighted by Crippen LogP contribution is -2.50. The maximum Gasteiger partial charge on any atom is 0.410 e. The van der Waals surface area contributed by atoms with Crippen molar-refractivity contribution < 1.29 is 9.53 Å². The van der Waals surface area contributed by atoms with Gasteiger partial charge in [-0.3, -0.25) is 0 Å². The van der Waals surface area contributed by atoms with Crippen molar-refractivity contribution in [2.24, 2.45) is 5.73 Å². The lowest BCUT2D eigenvalue weighted by atomic mass is 10.1. The molecule has 2 rings (SSSR count). The number of ether oxygens (including phenoxy) is 1. The van der Waals surface area contributed by atoms with Crippen molar-refractivity contribution in [2.45, 2.75) is 39.8 Å². The summed E-state index contributed by atoms with van der Waals surface area (Å²) in [4.78, 5) is 20.5. The fourth-order valence-electron chi connectivity index (χ4n) is 2.40. The average molecular weight is 306 g/mol. The summed E-state index contributed by atoms with van der Waals surface area (Å²) in [5.74, 6) is 0.943. The molecule has 0 atom stereocenters. The number of carbonyl (C=O) groups is 1. The summed E-state index contributed by atoms with van der Waals surface area (Å²) in [5.41, 5.74) is 7.44. The van der Waals surface area contributed by atoms with Gasteiger partial charge in [0.05, 0.1) is 0 Å². The second-order valence-corrected chi connectivity index (χ2v) is 6.63. The molecule has 122 valence electrons. The number of pyridine rings is 1. The van der Waals surface area contributed by atoms with E-state index in [9.17, 15) is 4.79 Å². The Kier molecular flexibility index (Phi) is 4.90. The molecule has 0 radical (unpaired) electrons. The normalized spacial score (nSPS) is 15.9. The number of carbonyl (C=O) groups excluding carboxylic acids is 1. The van der Waals surface area contributed by atoms with Crippen molar-refractivity contribution in [3.63, 3.8) is 0 Å². The zero-order chi connectivity index (χ0) is 16.3. The van der Waals surface area contributed by atoms with Gasteiger partial charge < -0.3 is 20.3 Å². The van der Waals surface area contributed by atoms with Crippen LogP contribution in [0.4, 0.5) is 10.6 Å². The Labute approximate surface area is 132 Å². The molecular weight excluding hydrogens is 280 g/mol. The van der Waals surface area contributed by atoms with Crippen molar-refractivity contribution in [2.75, 3.05) is 31.1 Å². The highest BCUT2D eigenvalue weighted by Gasteiger charge is 2.26. The number of nitrogens with zero attached hydrogens (tertiary/aromatic N) is 3. The van der Waals surface area contributed by atoms with Crippen LogP contribution < -0.4 is 10.6 Å². The lowest BCUT2D eigenvalue weighted by molar-refractivity contribution is 0.0240. The summed E-state index contributed by atoms with van der Waals surface area (Å²) in [5, 5.41) is 0. The van der Waals surface area contributed by atoms with Crippen LogP contribution in [0, 0.1) is 6.92 Å². The largest absolute Gasteiger partial charge is 0.444 e. The van der Waals surface area contributed by atoms with Gasteiger partial charge in [-0.25, -0.2) is 9.78 Å². The molecule has 1 aromatic heterocycles. The fourth-order valence-corrected chi connectivity index (χ4v) is 2.40. The molecule has 0 aliphatic carbocycles. The number of amides is 1. The highest BCUT2D eigenvalue weighted by Crippen LogP contribution is 2.18. The van der Waals surface area contributed by atoms with Gasteiger partial charge in [0.15, 0.2) is 0 Å². The van der Waals surface area contributed by atoms with Crippen LogP contribution in [-0.4, -0.2) is 47.8 Å². The molecule has 6 nitrogen and oxygen atoms in total. The molecule has 1 aromatic rings. The SMILES string of the molecule is Cc1cc(N2CCN(C(=O)OC(C)(C)C)CC2)ncc1CN. The Bertz CT molecular complexity index is 531. The summed E-state index contributed by atoms with van der Waals surface area (Å²) in [6.45, 7) is 11.0. The molecule has 2 N–H and O–H groups in total. The highest BCUT2D eigenvalue weighted by molar-refractivity contribution is 5.68. The van der Waals surface area contributed by atoms with Crippen LogP contribution in [-0.2, 0) is 11.3 Å². The molecule has 22 heavy (non-hydrogen) atoms. The first kappa shape index (κ1) is 16.5. The van der Waals surface area contributed by atoms with E-state index in [1.165, 1.54) is 0 Å². The zero-order valence-corrected chi connectivity index (χ0v) is 13.9. The number of hydrogen-bond acceptors (Lipinski definition) is 5. The minimum Gasteiger partial charge on any atom is -0.444 e. The molecule has 6 heteroatoms. The molecule has 0 bridgehead atoms. The topological polar surface area (TPSA) is 71.7 Å². The predicted octanol–water partition coefficient (Wildman–Crippen LogP) is 1.91. The monoisotopic (exact) mass is 306 g/mol. The molecule has 0 spiro atoms. The van der Waals surface area contributed by atoms with Gasteiger partial charge in [0.2, 0.25) is 0 Å². The maximum atomic E-state index is 12.1. The molecule has 0 aromatic carbocycles. The summed E-state index contributed by atoms with van der Waals surface area (Å²) in [6.07, 6.45) is 1.60. The van der Waals surface area contributed by atoms with Crippen LogP contribution in [0.2, 0.25) is 0 Å². The molecule has 1 saturated heterocycles. The van der Waals surface area contributed by atoms with Gasteiger partial charge in [0.25, 0.3) is 0 Å². The summed E-state index contributed by atoms with van der Waals surface area (Å²) in [6, 6.07) is 2.06. The summed E-state index contributed by atoms with van der Waals surface area (Å²) < 4.78 is 5.41. The van der Waals surface area contributed by atoms with E-state index in [4.69, 9.17) is 10.5 Å². The van der Waals surface area contributed by atoms with Gasteiger partial charge in [-0.1, -0.05) is 0 Å². The Morgan fingerprint density at radius 2 is 1.95 bits per heavy atom. The number of nitrogens with two attached hydrogens (primary N) is 1. The predicted molar refractivity (Wildman–Crippen MR) is 86.9 cm³/mol. The molecule has 0 saturated carbocycles. The number of hydrogen-bond donors (Lipinski definition) is 1. The van der Waals surface area contributed by atoms with E-state index in [-0.39, 0.29) is 6.09 Å². The van der Waals surface area contributed by atoms with Gasteiger partial charge in [0.1, 0.15) is 11.4 Å². The first-order chi connectivity index (χ1) is 10.3. The Balaban J connectivity index is 1.94. The van der Waals surface area contributed by atoms with Crippen molar-refractivity contribution in [3.05, 3.63) is 23.4 Å². The third-order valence-corrected chi connectivity index (χ3v) is 3.68. The zero-order valence-electron chi connectivity index (χ0n) is 13.9. The van der Waals surface area contributed by atoms with E-state index in [0.29, 0.717) is 19.6 Å². The van der Waals surface area contributed by atoms with Crippen LogP contribution >= 0.6 is 0 Å². The van der Waals surface area contributed by atoms with Crippen LogP contribution in [0.5, 0.6) is 0 Å². The second-order valence-electron chi connectivity index (χ2n) is 6.63. The first-order valence-electron chi connectivity index (χ1n) is 7.68. The molecule has 2 heterocycles. The van der Waals surface area contributed by atoms with E-state index >= 15 is 0 Å². The van der Waals surface area contributed by atoms with Gasteiger partial charge in [0, 0.05) is 38.9 Å². The number of aryl methyl sites for hydroxylation is 1. The van der Waals surface area contributed by atoms with Crippen molar-refractivity contribution >= 4 is 11.9 Å². The minimum atomic E-state index is -0.453. The molecular formula is C16H26N4O2. The third kappa shape index (κ3) is 4.10. The molecule has 1 amide bonds. The van der Waals surface area contributed by atoms with E-state index in [2.05, 4.69) is 16.0 Å². The van der Waals surface area contributed by atoms with Gasteiger partial charge >= 0.3 is 6.09 Å². The molecule has 0 unspecified atom stereocenters. The third-order valence-electron chi connectivity index (χ3n) is 3.68. The van der Waals surface area contributed by atoms with E-state index in [1.807, 2.05) is 33.9 Å². The standard InChI is InChI=1S/C16H26N4O2/c1-12-9-14(18-11-13(12)10-17)19-5-7-20(8-6-19)15(21)22-16(2,3)4/h9,11H,5-8,10,17H2,1-4H3. The Morgan fingerprint density at radius 3 is 2.45 bits per heavy atom. The number of piperazine rings is 1. The van der Waals surface area contributed by atoms with Gasteiger partial charge in [-0.15, -0.1) is 0 Å². The van der Waals surface area contributed by atoms with Crippen LogP contribution in [0.1, 0.15) is 31.9 Å². The molecule has 1 fully saturated rings. The average Bonchev–Trinajstić information content (AvgIpc) is 2.45. The molecule has 1 aliphatic rings. The number of rotatable bonds is 2. The van der Waals surface area contributed by atoms with E-state index < -0.39 is 5.60 Å². The van der Waals surface area contributed by atoms with E-state index in [0.717, 1.165) is 30.0 Å². The maximum absolute atomic E-state index is 12.1. The second kappa shape index (κ2) is 6.52. The summed E-state index contributed by atoms with van der Waals surface area (Å²) >= 11 is 0. The van der Waals surface area contributed by atoms with Crippen molar-refractivity contribution in [1.82, 2.24) is 9.88 Å². The summed E-state index contributed by atoms with van der Waals surface area (Å²) in [7, 11) is 0. The molecule has 1 aliphatic heterocycles. The van der Waals surface area contributed by atoms with Crippen LogP contribution in [0.25, 0.3) is 0 Å². The number of aromatic nitrogens is 1. The Morgan fingerprint density at radius 1 is 1.32 bits per heavy atom. The van der Waals surface area contributed by atoms with Gasteiger partial charge in [-0.05, 0) is 44.9 Å². The van der Waals surface area contributed by atoms with Crippen molar-refractivity contribution in [3.8, 4) is 0 Å². The Hall–Kier alpha value is -1.82. The van der Waals surface area contributed by atoms with E-state index in [1.54, 1.807) is 4.90 Å². The fraction of sp³-hybridized carbons (Fsp3) is 0.625. The van der Waals surface area contributed by atoms with Crippen molar-refractivity contribution in [1.29, 1.82) is 0 Å². The highest BCUT2D eigenvalue weighted by atomic mass is 16.6. The quantitative estimate of drug-likeness (QED) is 0.903. The smallest absolute Gasteiger partial charge is 0.410 e. The number of anilines is 1. The minimum absolute atomic E-state index is 0.241. The van der Waals surface area contributed by atoms with Crippen LogP contribution in [0.3, 0.4) is 0 Å². The van der Waals surface area contributed by atoms with Gasteiger partial charge in [-0.2, -0.15) is 0 Å². The lowest BCUT2D eigenvalue weighted by Gasteiger charge is -2.36. The first-order valence-corrected chi connectivity index (χ1v) is 7.68.